The predicted octanol–water partition coefficient (Wildman–Crippen LogP) is 5.98. The Balaban J connectivity index is 1.35. The number of carboxylic acid groups (broad SMARTS) is 1. The summed E-state index contributed by atoms with van der Waals surface area (Å²) in [5.74, 6) is 0.912. The van der Waals surface area contributed by atoms with E-state index in [1.165, 1.54) is 4.90 Å². The molecule has 6 rings (SSSR count). The maximum absolute atomic E-state index is 11.6. The Labute approximate surface area is 244 Å². The Kier molecular flexibility index (Phi) is 7.64. The molecule has 0 radical (unpaired) electrons. The van der Waals surface area contributed by atoms with E-state index in [0.29, 0.717) is 44.6 Å². The first-order valence-corrected chi connectivity index (χ1v) is 14.0. The van der Waals surface area contributed by atoms with Crippen molar-refractivity contribution < 1.29 is 19.4 Å². The van der Waals surface area contributed by atoms with E-state index in [1.807, 2.05) is 97.5 Å². The monoisotopic (exact) mass is 563 g/mol. The summed E-state index contributed by atoms with van der Waals surface area (Å²) in [5.41, 5.74) is 5.61. The minimum atomic E-state index is -0.880. The fraction of sp³-hybridized carbons (Fsp3) is 0.242. The van der Waals surface area contributed by atoms with Crippen LogP contribution in [0.5, 0.6) is 11.8 Å². The van der Waals surface area contributed by atoms with Gasteiger partial charge in [0, 0.05) is 44.2 Å². The van der Waals surface area contributed by atoms with Crippen molar-refractivity contribution in [1.29, 1.82) is 0 Å². The van der Waals surface area contributed by atoms with Gasteiger partial charge in [0.1, 0.15) is 18.9 Å². The van der Waals surface area contributed by atoms with E-state index < -0.39 is 6.09 Å². The molecule has 1 saturated heterocycles. The number of aromatic nitrogens is 3. The maximum Gasteiger partial charge on any atom is 0.407 e. The van der Waals surface area contributed by atoms with Crippen molar-refractivity contribution in [3.8, 4) is 23.0 Å². The molecule has 5 aromatic rings. The fourth-order valence-electron chi connectivity index (χ4n) is 5.48. The summed E-state index contributed by atoms with van der Waals surface area (Å²) < 4.78 is 14.2. The van der Waals surface area contributed by atoms with E-state index in [2.05, 4.69) is 17.0 Å². The molecule has 2 aromatic heterocycles. The Hall–Kier alpha value is -5.05. The molecule has 1 aliphatic rings. The lowest BCUT2D eigenvalue weighted by molar-refractivity contribution is 0.123. The Morgan fingerprint density at radius 1 is 0.881 bits per heavy atom. The van der Waals surface area contributed by atoms with Crippen molar-refractivity contribution in [2.24, 2.45) is 7.05 Å². The number of benzene rings is 3. The first-order valence-electron chi connectivity index (χ1n) is 14.0. The summed E-state index contributed by atoms with van der Waals surface area (Å²) in [7, 11) is 1.93. The number of para-hydroxylation sites is 1. The van der Waals surface area contributed by atoms with E-state index >= 15 is 0 Å². The number of piperazine rings is 1. The van der Waals surface area contributed by atoms with Gasteiger partial charge in [-0.05, 0) is 30.2 Å². The van der Waals surface area contributed by atoms with Crippen molar-refractivity contribution in [2.75, 3.05) is 24.5 Å². The molecule has 1 atom stereocenters. The highest BCUT2D eigenvalue weighted by atomic mass is 16.5. The average Bonchev–Trinajstić information content (AvgIpc) is 3.36. The van der Waals surface area contributed by atoms with Crippen LogP contribution in [0.1, 0.15) is 18.1 Å². The lowest BCUT2D eigenvalue weighted by Gasteiger charge is -2.39. The van der Waals surface area contributed by atoms with Crippen LogP contribution in [0, 0.1) is 0 Å². The number of carbonyl (C=O) groups is 1. The highest BCUT2D eigenvalue weighted by molar-refractivity contribution is 6.01. The summed E-state index contributed by atoms with van der Waals surface area (Å²) in [4.78, 5) is 20.1. The average molecular weight is 564 g/mol. The van der Waals surface area contributed by atoms with Gasteiger partial charge >= 0.3 is 6.09 Å². The van der Waals surface area contributed by atoms with Crippen LogP contribution in [0.3, 0.4) is 0 Å². The van der Waals surface area contributed by atoms with Crippen LogP contribution < -0.4 is 14.4 Å². The summed E-state index contributed by atoms with van der Waals surface area (Å²) >= 11 is 0. The van der Waals surface area contributed by atoms with Gasteiger partial charge in [0.15, 0.2) is 0 Å². The third-order valence-corrected chi connectivity index (χ3v) is 7.60. The molecule has 3 aromatic carbocycles. The second kappa shape index (κ2) is 11.8. The van der Waals surface area contributed by atoms with E-state index in [4.69, 9.17) is 19.6 Å². The van der Waals surface area contributed by atoms with Crippen LogP contribution in [0.2, 0.25) is 0 Å². The Morgan fingerprint density at radius 2 is 1.57 bits per heavy atom. The largest absolute Gasteiger partial charge is 0.473 e. The Bertz CT molecular complexity index is 1690. The molecule has 9 heteroatoms. The van der Waals surface area contributed by atoms with Gasteiger partial charge in [-0.25, -0.2) is 4.79 Å². The van der Waals surface area contributed by atoms with Crippen molar-refractivity contribution in [1.82, 2.24) is 19.7 Å². The maximum atomic E-state index is 11.6. The number of nitrogens with zero attached hydrogens (tertiary/aromatic N) is 5. The quantitative estimate of drug-likeness (QED) is 0.248. The zero-order chi connectivity index (χ0) is 29.1. The molecule has 1 fully saturated rings. The zero-order valence-electron chi connectivity index (χ0n) is 23.7. The van der Waals surface area contributed by atoms with E-state index in [-0.39, 0.29) is 6.04 Å². The van der Waals surface area contributed by atoms with Gasteiger partial charge in [-0.3, -0.25) is 4.68 Å². The SMILES string of the molecule is C[C@@H]1CN(c2cccc3c(-c4ccc(OCc5ccccc5)nc4OCc4ccccc4)nn(C)c23)CCN1C(=O)O. The third kappa shape index (κ3) is 5.58. The van der Waals surface area contributed by atoms with Gasteiger partial charge in [0.05, 0.1) is 16.8 Å². The van der Waals surface area contributed by atoms with E-state index in [0.717, 1.165) is 39.0 Å². The molecule has 1 N–H and O–H groups in total. The topological polar surface area (TPSA) is 93.0 Å². The molecule has 1 amide bonds. The molecular formula is C33H33N5O4. The molecule has 0 unspecified atom stereocenters. The number of fused-ring (bicyclic) bond motifs is 1. The first kappa shape index (κ1) is 27.1. The molecule has 3 heterocycles. The first-order chi connectivity index (χ1) is 20.5. The van der Waals surface area contributed by atoms with Crippen molar-refractivity contribution in [2.45, 2.75) is 26.2 Å². The number of pyridine rings is 1. The normalized spacial score (nSPS) is 15.1. The summed E-state index contributed by atoms with van der Waals surface area (Å²) in [6.45, 7) is 4.35. The van der Waals surface area contributed by atoms with Gasteiger partial charge < -0.3 is 24.4 Å². The molecule has 0 bridgehead atoms. The molecule has 42 heavy (non-hydrogen) atoms. The summed E-state index contributed by atoms with van der Waals surface area (Å²) in [6.07, 6.45) is -0.880. The molecule has 0 aliphatic carbocycles. The van der Waals surface area contributed by atoms with Gasteiger partial charge in [-0.15, -0.1) is 0 Å². The van der Waals surface area contributed by atoms with Gasteiger partial charge in [-0.1, -0.05) is 72.8 Å². The number of rotatable bonds is 8. The number of ether oxygens (including phenoxy) is 2. The highest BCUT2D eigenvalue weighted by Gasteiger charge is 2.29. The highest BCUT2D eigenvalue weighted by Crippen LogP contribution is 2.38. The van der Waals surface area contributed by atoms with Crippen molar-refractivity contribution >= 4 is 22.7 Å². The second-order valence-electron chi connectivity index (χ2n) is 10.5. The van der Waals surface area contributed by atoms with Crippen molar-refractivity contribution in [3.05, 3.63) is 102 Å². The second-order valence-corrected chi connectivity index (χ2v) is 10.5. The fourth-order valence-corrected chi connectivity index (χ4v) is 5.48. The summed E-state index contributed by atoms with van der Waals surface area (Å²) in [5, 5.41) is 15.4. The number of hydrogen-bond donors (Lipinski definition) is 1. The molecule has 214 valence electrons. The van der Waals surface area contributed by atoms with Crippen LogP contribution in [-0.2, 0) is 20.3 Å². The summed E-state index contributed by atoms with van der Waals surface area (Å²) in [6, 6.07) is 29.8. The van der Waals surface area contributed by atoms with E-state index in [1.54, 1.807) is 0 Å². The van der Waals surface area contributed by atoms with Gasteiger partial charge in [0.2, 0.25) is 11.8 Å². The molecule has 1 aliphatic heterocycles. The number of aryl methyl sites for hydroxylation is 1. The van der Waals surface area contributed by atoms with Crippen LogP contribution in [0.4, 0.5) is 10.5 Å². The van der Waals surface area contributed by atoms with Crippen LogP contribution >= 0.6 is 0 Å². The minimum absolute atomic E-state index is 0.121. The number of hydrogen-bond acceptors (Lipinski definition) is 6. The van der Waals surface area contributed by atoms with Crippen LogP contribution in [0.15, 0.2) is 91.0 Å². The molecule has 9 nitrogen and oxygen atoms in total. The van der Waals surface area contributed by atoms with Gasteiger partial charge in [-0.2, -0.15) is 10.1 Å². The minimum Gasteiger partial charge on any atom is -0.473 e. The zero-order valence-corrected chi connectivity index (χ0v) is 23.7. The third-order valence-electron chi connectivity index (χ3n) is 7.60. The van der Waals surface area contributed by atoms with E-state index in [9.17, 15) is 9.90 Å². The van der Waals surface area contributed by atoms with Crippen molar-refractivity contribution in [3.63, 3.8) is 0 Å². The predicted molar refractivity (Wildman–Crippen MR) is 162 cm³/mol. The number of anilines is 1. The van der Waals surface area contributed by atoms with Crippen LogP contribution in [0.25, 0.3) is 22.2 Å². The lowest BCUT2D eigenvalue weighted by Crippen LogP contribution is -2.53. The Morgan fingerprint density at radius 3 is 2.24 bits per heavy atom. The lowest BCUT2D eigenvalue weighted by atomic mass is 10.1. The standard InChI is InChI=1S/C33H33N5O4/c1-23-20-37(18-19-38(23)33(39)40)28-15-9-14-26-30(35-36(2)31(26)28)27-16-17-29(41-21-24-10-5-3-6-11-24)34-32(27)42-22-25-12-7-4-8-13-25/h3-17,23H,18-22H2,1-2H3,(H,39,40)/t23-/m1/s1. The molecule has 0 saturated carbocycles. The molecule has 0 spiro atoms. The molecular weight excluding hydrogens is 530 g/mol. The van der Waals surface area contributed by atoms with Crippen LogP contribution in [-0.4, -0.2) is 56.5 Å². The number of amides is 1. The van der Waals surface area contributed by atoms with Gasteiger partial charge in [0.25, 0.3) is 0 Å². The smallest absolute Gasteiger partial charge is 0.407 e.